The monoisotopic (exact) mass is 254 g/mol. The summed E-state index contributed by atoms with van der Waals surface area (Å²) in [6, 6.07) is 6.39. The smallest absolute Gasteiger partial charge is 0.292 e. The van der Waals surface area contributed by atoms with Crippen molar-refractivity contribution >= 4 is 19.9 Å². The third-order valence-corrected chi connectivity index (χ3v) is 4.01. The zero-order valence-corrected chi connectivity index (χ0v) is 11.6. The Bertz CT molecular complexity index is 390. The van der Waals surface area contributed by atoms with Crippen molar-refractivity contribution in [1.29, 1.82) is 0 Å². The largest absolute Gasteiger partial charge is 0.397 e. The standard InChI is InChI=1S/C11H18N2O3Si/c1-9(2)16-17(3,4)12-10-5-7-11(8-6-10)13(14)15/h5-9,12H,1-4H3. The summed E-state index contributed by atoms with van der Waals surface area (Å²) in [7, 11) is -1.97. The Kier molecular flexibility index (Phi) is 4.25. The SMILES string of the molecule is CC(C)O[Si](C)(C)Nc1ccc([N+](=O)[O-])cc1. The molecule has 0 unspecified atom stereocenters. The van der Waals surface area contributed by atoms with Crippen molar-refractivity contribution in [3.63, 3.8) is 0 Å². The fraction of sp³-hybridized carbons (Fsp3) is 0.455. The molecule has 0 fully saturated rings. The van der Waals surface area contributed by atoms with E-state index < -0.39 is 13.4 Å². The van der Waals surface area contributed by atoms with Gasteiger partial charge in [-0.3, -0.25) is 10.1 Å². The van der Waals surface area contributed by atoms with Crippen LogP contribution in [-0.2, 0) is 4.43 Å². The van der Waals surface area contributed by atoms with E-state index in [9.17, 15) is 10.1 Å². The minimum atomic E-state index is -1.97. The van der Waals surface area contributed by atoms with Crippen LogP contribution in [0, 0.1) is 10.1 Å². The second kappa shape index (κ2) is 5.28. The molecule has 6 heteroatoms. The molecule has 1 rings (SSSR count). The molecule has 0 aliphatic carbocycles. The van der Waals surface area contributed by atoms with E-state index >= 15 is 0 Å². The quantitative estimate of drug-likeness (QED) is 0.498. The van der Waals surface area contributed by atoms with Crippen LogP contribution in [0.1, 0.15) is 13.8 Å². The van der Waals surface area contributed by atoms with E-state index in [1.165, 1.54) is 12.1 Å². The summed E-state index contributed by atoms with van der Waals surface area (Å²) in [5.41, 5.74) is 0.952. The van der Waals surface area contributed by atoms with Crippen molar-refractivity contribution in [1.82, 2.24) is 0 Å². The van der Waals surface area contributed by atoms with E-state index in [1.807, 2.05) is 13.8 Å². The van der Waals surface area contributed by atoms with Gasteiger partial charge in [0, 0.05) is 23.9 Å². The molecule has 0 heterocycles. The number of anilines is 1. The topological polar surface area (TPSA) is 64.4 Å². The first-order chi connectivity index (χ1) is 7.80. The fourth-order valence-electron chi connectivity index (χ4n) is 1.63. The Labute approximate surface area is 102 Å². The van der Waals surface area contributed by atoms with Crippen molar-refractivity contribution in [2.75, 3.05) is 4.98 Å². The third kappa shape index (κ3) is 4.54. The molecule has 5 nitrogen and oxygen atoms in total. The summed E-state index contributed by atoms with van der Waals surface area (Å²) in [6.07, 6.45) is 0.169. The minimum absolute atomic E-state index is 0.0970. The molecule has 0 aliphatic heterocycles. The molecule has 1 N–H and O–H groups in total. The Morgan fingerprint density at radius 3 is 2.24 bits per heavy atom. The lowest BCUT2D eigenvalue weighted by Gasteiger charge is -2.27. The lowest BCUT2D eigenvalue weighted by atomic mass is 10.3. The molecule has 0 atom stereocenters. The Balaban J connectivity index is 2.71. The number of hydrogen-bond donors (Lipinski definition) is 1. The van der Waals surface area contributed by atoms with Crippen molar-refractivity contribution < 1.29 is 9.35 Å². The van der Waals surface area contributed by atoms with Gasteiger partial charge in [0.1, 0.15) is 0 Å². The molecule has 0 radical (unpaired) electrons. The molecule has 0 spiro atoms. The Morgan fingerprint density at radius 1 is 1.29 bits per heavy atom. The summed E-state index contributed by atoms with van der Waals surface area (Å²) in [6.45, 7) is 8.08. The van der Waals surface area contributed by atoms with Crippen LogP contribution in [-0.4, -0.2) is 19.5 Å². The lowest BCUT2D eigenvalue weighted by Crippen LogP contribution is -2.42. The average Bonchev–Trinajstić information content (AvgIpc) is 2.15. The zero-order chi connectivity index (χ0) is 13.1. The van der Waals surface area contributed by atoms with Crippen LogP contribution in [0.4, 0.5) is 11.4 Å². The van der Waals surface area contributed by atoms with Crippen LogP contribution in [0.5, 0.6) is 0 Å². The lowest BCUT2D eigenvalue weighted by molar-refractivity contribution is -0.384. The maximum absolute atomic E-state index is 10.5. The van der Waals surface area contributed by atoms with Crippen LogP contribution >= 0.6 is 0 Å². The Hall–Kier alpha value is -1.40. The van der Waals surface area contributed by atoms with Gasteiger partial charge in [0.15, 0.2) is 0 Å². The van der Waals surface area contributed by atoms with E-state index in [4.69, 9.17) is 4.43 Å². The van der Waals surface area contributed by atoms with Crippen LogP contribution in [0.3, 0.4) is 0 Å². The Morgan fingerprint density at radius 2 is 1.82 bits per heavy atom. The summed E-state index contributed by atoms with van der Waals surface area (Å²) < 4.78 is 5.81. The molecular formula is C11H18N2O3Si. The number of nitro benzene ring substituents is 1. The number of rotatable bonds is 5. The summed E-state index contributed by atoms with van der Waals surface area (Å²) >= 11 is 0. The highest BCUT2D eigenvalue weighted by Gasteiger charge is 2.24. The van der Waals surface area contributed by atoms with Gasteiger partial charge in [-0.25, -0.2) is 0 Å². The van der Waals surface area contributed by atoms with E-state index in [0.29, 0.717) is 0 Å². The number of hydrogen-bond acceptors (Lipinski definition) is 4. The summed E-state index contributed by atoms with van der Waals surface area (Å²) in [4.78, 5) is 13.4. The predicted octanol–water partition coefficient (Wildman–Crippen LogP) is 3.13. The first-order valence-electron chi connectivity index (χ1n) is 5.50. The number of non-ortho nitro benzene ring substituents is 1. The van der Waals surface area contributed by atoms with Gasteiger partial charge in [-0.15, -0.1) is 0 Å². The van der Waals surface area contributed by atoms with Gasteiger partial charge in [-0.2, -0.15) is 0 Å². The third-order valence-electron chi connectivity index (χ3n) is 2.05. The van der Waals surface area contributed by atoms with Crippen molar-refractivity contribution in [3.8, 4) is 0 Å². The van der Waals surface area contributed by atoms with Gasteiger partial charge in [0.05, 0.1) is 4.92 Å². The average molecular weight is 254 g/mol. The molecule has 0 aromatic heterocycles. The van der Waals surface area contributed by atoms with E-state index in [-0.39, 0.29) is 11.8 Å². The predicted molar refractivity (Wildman–Crippen MR) is 70.4 cm³/mol. The first-order valence-corrected chi connectivity index (χ1v) is 8.41. The van der Waals surface area contributed by atoms with Gasteiger partial charge in [-0.05, 0) is 39.1 Å². The second-order valence-electron chi connectivity index (χ2n) is 4.61. The number of benzene rings is 1. The van der Waals surface area contributed by atoms with Crippen molar-refractivity contribution in [2.45, 2.75) is 33.0 Å². The highest BCUT2D eigenvalue weighted by atomic mass is 28.4. The van der Waals surface area contributed by atoms with E-state index in [2.05, 4.69) is 18.1 Å². The summed E-state index contributed by atoms with van der Waals surface area (Å²) in [5, 5.41) is 10.5. The van der Waals surface area contributed by atoms with Crippen LogP contribution < -0.4 is 4.98 Å². The van der Waals surface area contributed by atoms with Crippen molar-refractivity contribution in [3.05, 3.63) is 34.4 Å². The highest BCUT2D eigenvalue weighted by Crippen LogP contribution is 2.18. The second-order valence-corrected chi connectivity index (χ2v) is 8.11. The molecule has 0 saturated heterocycles. The first kappa shape index (κ1) is 13.7. The number of nitro groups is 1. The minimum Gasteiger partial charge on any atom is -0.397 e. The zero-order valence-electron chi connectivity index (χ0n) is 10.6. The molecule has 0 bridgehead atoms. The molecule has 94 valence electrons. The highest BCUT2D eigenvalue weighted by molar-refractivity contribution is 6.74. The van der Waals surface area contributed by atoms with E-state index in [1.54, 1.807) is 12.1 Å². The van der Waals surface area contributed by atoms with Gasteiger partial charge >= 0.3 is 0 Å². The van der Waals surface area contributed by atoms with Crippen molar-refractivity contribution in [2.24, 2.45) is 0 Å². The normalized spacial score (nSPS) is 11.6. The molecule has 0 saturated carbocycles. The van der Waals surface area contributed by atoms with Gasteiger partial charge in [0.25, 0.3) is 14.2 Å². The van der Waals surface area contributed by atoms with Gasteiger partial charge < -0.3 is 9.41 Å². The molecular weight excluding hydrogens is 236 g/mol. The fourth-order valence-corrected chi connectivity index (χ4v) is 3.73. The summed E-state index contributed by atoms with van der Waals surface area (Å²) in [5.74, 6) is 0. The molecule has 0 aliphatic rings. The maximum Gasteiger partial charge on any atom is 0.292 e. The molecule has 17 heavy (non-hydrogen) atoms. The molecule has 1 aromatic rings. The van der Waals surface area contributed by atoms with Crippen LogP contribution in [0.15, 0.2) is 24.3 Å². The molecule has 1 aromatic carbocycles. The number of nitrogens with one attached hydrogen (secondary N) is 1. The van der Waals surface area contributed by atoms with Crippen LogP contribution in [0.2, 0.25) is 13.1 Å². The molecule has 0 amide bonds. The van der Waals surface area contributed by atoms with Gasteiger partial charge in [-0.1, -0.05) is 0 Å². The number of nitrogens with zero attached hydrogens (tertiary/aromatic N) is 1. The van der Waals surface area contributed by atoms with Crippen LogP contribution in [0.25, 0.3) is 0 Å². The van der Waals surface area contributed by atoms with E-state index in [0.717, 1.165) is 5.69 Å². The van der Waals surface area contributed by atoms with Gasteiger partial charge in [0.2, 0.25) is 0 Å². The maximum atomic E-state index is 10.5.